The van der Waals surface area contributed by atoms with E-state index in [1.807, 2.05) is 6.92 Å². The minimum atomic E-state index is 1.03. The molecule has 0 spiro atoms. The lowest BCUT2D eigenvalue weighted by atomic mass is 10.2. The first kappa shape index (κ1) is 9.71. The van der Waals surface area contributed by atoms with Gasteiger partial charge in [0.1, 0.15) is 0 Å². The van der Waals surface area contributed by atoms with E-state index in [4.69, 9.17) is 0 Å². The van der Waals surface area contributed by atoms with Crippen molar-refractivity contribution in [3.05, 3.63) is 22.7 Å². The largest absolute Gasteiger partial charge is 0.361 e. The van der Waals surface area contributed by atoms with Crippen molar-refractivity contribution < 1.29 is 0 Å². The lowest BCUT2D eigenvalue weighted by molar-refractivity contribution is 0.863. The Balaban J connectivity index is 1.72. The van der Waals surface area contributed by atoms with Gasteiger partial charge in [-0.2, -0.15) is 0 Å². The Kier molecular flexibility index (Phi) is 3.19. The van der Waals surface area contributed by atoms with Crippen LogP contribution in [0.25, 0.3) is 0 Å². The smallest absolute Gasteiger partial charge is 0.182 e. The predicted molar refractivity (Wildman–Crippen MR) is 61.9 cm³/mol. The molecule has 76 valence electrons. The van der Waals surface area contributed by atoms with Gasteiger partial charge in [0.05, 0.1) is 5.69 Å². The Morgan fingerprint density at radius 2 is 2.50 bits per heavy atom. The fourth-order valence-electron chi connectivity index (χ4n) is 1.73. The maximum absolute atomic E-state index is 4.36. The summed E-state index contributed by atoms with van der Waals surface area (Å²) in [6.07, 6.45) is 7.50. The van der Waals surface area contributed by atoms with Gasteiger partial charge < -0.3 is 5.32 Å². The summed E-state index contributed by atoms with van der Waals surface area (Å²) in [5, 5.41) is 6.50. The molecule has 1 heterocycles. The van der Waals surface area contributed by atoms with Crippen LogP contribution in [0.2, 0.25) is 0 Å². The van der Waals surface area contributed by atoms with Gasteiger partial charge in [-0.1, -0.05) is 11.6 Å². The third-order valence-electron chi connectivity index (χ3n) is 2.48. The van der Waals surface area contributed by atoms with Crippen LogP contribution in [-0.4, -0.2) is 11.5 Å². The Labute approximate surface area is 89.1 Å². The van der Waals surface area contributed by atoms with Crippen molar-refractivity contribution >= 4 is 16.5 Å². The van der Waals surface area contributed by atoms with Crippen LogP contribution >= 0.6 is 11.3 Å². The van der Waals surface area contributed by atoms with Crippen molar-refractivity contribution in [2.75, 3.05) is 11.9 Å². The molecule has 1 aliphatic carbocycles. The molecular weight excluding hydrogens is 192 g/mol. The molecule has 3 heteroatoms. The van der Waals surface area contributed by atoms with Crippen LogP contribution in [0, 0.1) is 6.92 Å². The average Bonchev–Trinajstić information content (AvgIpc) is 2.77. The summed E-state index contributed by atoms with van der Waals surface area (Å²) in [7, 11) is 0. The summed E-state index contributed by atoms with van der Waals surface area (Å²) in [5.41, 5.74) is 2.73. The van der Waals surface area contributed by atoms with Crippen molar-refractivity contribution in [1.82, 2.24) is 4.98 Å². The molecule has 14 heavy (non-hydrogen) atoms. The van der Waals surface area contributed by atoms with E-state index in [1.54, 1.807) is 16.9 Å². The Bertz CT molecular complexity index is 328. The summed E-state index contributed by atoms with van der Waals surface area (Å²) >= 11 is 1.69. The number of anilines is 1. The summed E-state index contributed by atoms with van der Waals surface area (Å²) in [5.74, 6) is 0. The van der Waals surface area contributed by atoms with Gasteiger partial charge in [0.25, 0.3) is 0 Å². The number of nitrogens with one attached hydrogen (secondary N) is 1. The third-order valence-corrected chi connectivity index (χ3v) is 3.39. The van der Waals surface area contributed by atoms with E-state index in [-0.39, 0.29) is 0 Å². The first-order valence-electron chi connectivity index (χ1n) is 5.18. The molecule has 1 aliphatic rings. The molecule has 1 N–H and O–H groups in total. The molecule has 0 fully saturated rings. The lowest BCUT2D eigenvalue weighted by Gasteiger charge is -2.02. The standard InChI is InChI=1S/C11H16N2S/c1-9-8-14-11(13-9)12-7-6-10-4-2-3-5-10/h4,8H,2-3,5-7H2,1H3,(H,12,13). The second kappa shape index (κ2) is 4.60. The summed E-state index contributed by atoms with van der Waals surface area (Å²) < 4.78 is 0. The second-order valence-corrected chi connectivity index (χ2v) is 4.58. The normalized spacial score (nSPS) is 15.6. The highest BCUT2D eigenvalue weighted by atomic mass is 32.1. The first-order valence-corrected chi connectivity index (χ1v) is 6.06. The maximum atomic E-state index is 4.36. The van der Waals surface area contributed by atoms with Crippen LogP contribution in [0.5, 0.6) is 0 Å². The molecule has 0 saturated heterocycles. The molecule has 1 aromatic rings. The third kappa shape index (κ3) is 2.58. The highest BCUT2D eigenvalue weighted by Crippen LogP contribution is 2.21. The molecular formula is C11H16N2S. The van der Waals surface area contributed by atoms with E-state index in [2.05, 4.69) is 21.8 Å². The minimum absolute atomic E-state index is 1.03. The van der Waals surface area contributed by atoms with Gasteiger partial charge in [0, 0.05) is 11.9 Å². The Hall–Kier alpha value is -0.830. The summed E-state index contributed by atoms with van der Waals surface area (Å²) in [6.45, 7) is 3.06. The number of rotatable bonds is 4. The van der Waals surface area contributed by atoms with E-state index >= 15 is 0 Å². The maximum Gasteiger partial charge on any atom is 0.182 e. The van der Waals surface area contributed by atoms with E-state index in [0.717, 1.165) is 17.4 Å². The quantitative estimate of drug-likeness (QED) is 0.767. The van der Waals surface area contributed by atoms with Gasteiger partial charge >= 0.3 is 0 Å². The average molecular weight is 208 g/mol. The van der Waals surface area contributed by atoms with Crippen LogP contribution in [-0.2, 0) is 0 Å². The molecule has 0 aliphatic heterocycles. The van der Waals surface area contributed by atoms with Crippen LogP contribution in [0.4, 0.5) is 5.13 Å². The molecule has 2 rings (SSSR count). The first-order chi connectivity index (χ1) is 6.84. The van der Waals surface area contributed by atoms with Gasteiger partial charge in [-0.25, -0.2) is 4.98 Å². The molecule has 0 radical (unpaired) electrons. The number of aromatic nitrogens is 1. The molecule has 0 bridgehead atoms. The molecule has 0 amide bonds. The van der Waals surface area contributed by atoms with Crippen molar-refractivity contribution in [1.29, 1.82) is 0 Å². The zero-order chi connectivity index (χ0) is 9.80. The summed E-state index contributed by atoms with van der Waals surface area (Å²) in [6, 6.07) is 0. The predicted octanol–water partition coefficient (Wildman–Crippen LogP) is 3.36. The number of hydrogen-bond acceptors (Lipinski definition) is 3. The van der Waals surface area contributed by atoms with Crippen LogP contribution in [0.3, 0.4) is 0 Å². The topological polar surface area (TPSA) is 24.9 Å². The van der Waals surface area contributed by atoms with E-state index in [9.17, 15) is 0 Å². The number of allylic oxidation sites excluding steroid dienone is 1. The Morgan fingerprint density at radius 3 is 3.14 bits per heavy atom. The van der Waals surface area contributed by atoms with Gasteiger partial charge in [0.15, 0.2) is 5.13 Å². The lowest BCUT2D eigenvalue weighted by Crippen LogP contribution is -2.01. The number of aryl methyl sites for hydroxylation is 1. The van der Waals surface area contributed by atoms with E-state index in [0.29, 0.717) is 0 Å². The fraction of sp³-hybridized carbons (Fsp3) is 0.545. The number of hydrogen-bond donors (Lipinski definition) is 1. The number of nitrogens with zero attached hydrogens (tertiary/aromatic N) is 1. The number of thiazole rings is 1. The SMILES string of the molecule is Cc1csc(NCCC2=CCCC2)n1. The molecule has 0 saturated carbocycles. The second-order valence-electron chi connectivity index (χ2n) is 3.73. The molecule has 2 nitrogen and oxygen atoms in total. The minimum Gasteiger partial charge on any atom is -0.361 e. The van der Waals surface area contributed by atoms with Crippen molar-refractivity contribution in [2.45, 2.75) is 32.6 Å². The van der Waals surface area contributed by atoms with Crippen LogP contribution < -0.4 is 5.32 Å². The van der Waals surface area contributed by atoms with Gasteiger partial charge in [0.2, 0.25) is 0 Å². The van der Waals surface area contributed by atoms with Crippen molar-refractivity contribution in [3.63, 3.8) is 0 Å². The molecule has 1 aromatic heterocycles. The van der Waals surface area contributed by atoms with Gasteiger partial charge in [-0.3, -0.25) is 0 Å². The molecule has 0 atom stereocenters. The van der Waals surface area contributed by atoms with Crippen LogP contribution in [0.15, 0.2) is 17.0 Å². The van der Waals surface area contributed by atoms with Crippen LogP contribution in [0.1, 0.15) is 31.4 Å². The summed E-state index contributed by atoms with van der Waals surface area (Å²) in [4.78, 5) is 4.36. The monoisotopic (exact) mass is 208 g/mol. The molecule has 0 aromatic carbocycles. The van der Waals surface area contributed by atoms with Gasteiger partial charge in [-0.05, 0) is 32.6 Å². The van der Waals surface area contributed by atoms with Crippen molar-refractivity contribution in [3.8, 4) is 0 Å². The fourth-order valence-corrected chi connectivity index (χ4v) is 2.45. The molecule has 0 unspecified atom stereocenters. The van der Waals surface area contributed by atoms with E-state index in [1.165, 1.54) is 25.7 Å². The Morgan fingerprint density at radius 1 is 1.57 bits per heavy atom. The zero-order valence-electron chi connectivity index (χ0n) is 8.55. The highest BCUT2D eigenvalue weighted by molar-refractivity contribution is 7.13. The van der Waals surface area contributed by atoms with Crippen molar-refractivity contribution in [2.24, 2.45) is 0 Å². The van der Waals surface area contributed by atoms with Gasteiger partial charge in [-0.15, -0.1) is 11.3 Å². The highest BCUT2D eigenvalue weighted by Gasteiger charge is 2.04. The van der Waals surface area contributed by atoms with E-state index < -0.39 is 0 Å². The zero-order valence-corrected chi connectivity index (χ0v) is 9.36.